The number of aromatic nitrogens is 4. The van der Waals surface area contributed by atoms with Gasteiger partial charge in [-0.15, -0.1) is 0 Å². The quantitative estimate of drug-likeness (QED) is 0.190. The van der Waals surface area contributed by atoms with Crippen molar-refractivity contribution in [2.45, 2.75) is 65.2 Å². The molecule has 3 atom stereocenters. The average molecular weight is 703 g/mol. The second-order valence-corrected chi connectivity index (χ2v) is 16.0. The Balaban J connectivity index is 1.47. The lowest BCUT2D eigenvalue weighted by Gasteiger charge is -2.31. The summed E-state index contributed by atoms with van der Waals surface area (Å²) in [7, 11) is 1.93. The predicted molar refractivity (Wildman–Crippen MR) is 192 cm³/mol. The van der Waals surface area contributed by atoms with Crippen molar-refractivity contribution in [3.05, 3.63) is 94.9 Å². The van der Waals surface area contributed by atoms with Gasteiger partial charge >= 0.3 is 5.97 Å². The van der Waals surface area contributed by atoms with Crippen molar-refractivity contribution in [3.8, 4) is 22.9 Å². The Morgan fingerprint density at radius 2 is 1.90 bits per heavy atom. The van der Waals surface area contributed by atoms with Gasteiger partial charge in [0.15, 0.2) is 23.2 Å². The second kappa shape index (κ2) is 14.1. The van der Waals surface area contributed by atoms with Crippen LogP contribution in [0.25, 0.3) is 22.3 Å². The first-order valence-corrected chi connectivity index (χ1v) is 18.5. The summed E-state index contributed by atoms with van der Waals surface area (Å²) in [6.07, 6.45) is 4.84. The maximum atomic E-state index is 15.7. The third-order valence-electron chi connectivity index (χ3n) is 9.89. The average Bonchev–Trinajstić information content (AvgIpc) is 3.70. The molecule has 0 amide bonds. The minimum Gasteiger partial charge on any atom is -0.469 e. The second-order valence-electron chi connectivity index (χ2n) is 14.4. The van der Waals surface area contributed by atoms with Crippen LogP contribution in [0.2, 0.25) is 0 Å². The van der Waals surface area contributed by atoms with Crippen LogP contribution >= 0.6 is 0 Å². The van der Waals surface area contributed by atoms with Crippen LogP contribution in [0.1, 0.15) is 69.5 Å². The van der Waals surface area contributed by atoms with Crippen molar-refractivity contribution in [2.75, 3.05) is 18.6 Å². The highest BCUT2D eigenvalue weighted by Crippen LogP contribution is 2.41. The molecule has 1 aliphatic heterocycles. The number of nitrogens with one attached hydrogen (secondary N) is 1. The van der Waals surface area contributed by atoms with Gasteiger partial charge in [-0.05, 0) is 73.4 Å². The number of benzene rings is 3. The molecule has 11 heteroatoms. The van der Waals surface area contributed by atoms with E-state index in [9.17, 15) is 9.00 Å². The zero-order valence-electron chi connectivity index (χ0n) is 29.4. The zero-order chi connectivity index (χ0) is 35.8. The number of aryl methyl sites for hydroxylation is 2. The van der Waals surface area contributed by atoms with Crippen LogP contribution in [0.3, 0.4) is 0 Å². The Morgan fingerprint density at radius 1 is 1.10 bits per heavy atom. The number of aromatic amines is 1. The molecule has 264 valence electrons. The molecule has 3 unspecified atom stereocenters. The van der Waals surface area contributed by atoms with Crippen LogP contribution in [0.5, 0.6) is 11.5 Å². The Hall–Kier alpha value is -4.38. The van der Waals surface area contributed by atoms with E-state index < -0.39 is 27.8 Å². The third-order valence-corrected chi connectivity index (χ3v) is 11.7. The third kappa shape index (κ3) is 7.24. The maximum Gasteiger partial charge on any atom is 0.308 e. The fraction of sp³-hybridized carbons (Fsp3) is 0.410. The monoisotopic (exact) mass is 702 g/mol. The first-order chi connectivity index (χ1) is 23.8. The smallest absolute Gasteiger partial charge is 0.308 e. The molecule has 3 aromatic carbocycles. The van der Waals surface area contributed by atoms with E-state index in [-0.39, 0.29) is 34.4 Å². The number of H-pyrrole nitrogens is 1. The molecule has 0 aliphatic carbocycles. The van der Waals surface area contributed by atoms with Crippen molar-refractivity contribution in [1.82, 2.24) is 19.7 Å². The first kappa shape index (κ1) is 35.4. The normalized spacial score (nSPS) is 20.3. The van der Waals surface area contributed by atoms with Gasteiger partial charge in [-0.1, -0.05) is 51.5 Å². The number of nitrogens with zero attached hydrogens (tertiary/aromatic N) is 3. The van der Waals surface area contributed by atoms with E-state index in [0.717, 1.165) is 29.4 Å². The Kier molecular flexibility index (Phi) is 9.99. The molecule has 1 aliphatic rings. The number of rotatable bonds is 4. The van der Waals surface area contributed by atoms with E-state index >= 15 is 8.78 Å². The Labute approximate surface area is 294 Å². The van der Waals surface area contributed by atoms with Crippen LogP contribution in [0.15, 0.2) is 60.8 Å². The standard InChI is InChI=1S/C39H44F2N4O4S/c1-24(36(46)48-6)19-25-9-7-10-26(20-25)39(4)16-8-15-38(2,3)23-50(47)18-14-29-28-13-17-42-33(28)22-32(41)34(29)49-27-11-12-31(40)30(21-27)35-43-37(39)44-45(35)5/h7,9-13,17,20-22,24,42H,8,14-16,18-19,23H2,1-6H3. The van der Waals surface area contributed by atoms with Gasteiger partial charge in [-0.2, -0.15) is 5.10 Å². The van der Waals surface area contributed by atoms with Gasteiger partial charge in [0.05, 0.1) is 24.0 Å². The van der Waals surface area contributed by atoms with Crippen LogP contribution in [-0.2, 0) is 45.6 Å². The molecule has 0 fully saturated rings. The van der Waals surface area contributed by atoms with Crippen LogP contribution < -0.4 is 4.74 Å². The number of esters is 1. The summed E-state index contributed by atoms with van der Waals surface area (Å²) in [6, 6.07) is 15.6. The topological polar surface area (TPSA) is 99.1 Å². The highest BCUT2D eigenvalue weighted by atomic mass is 32.2. The van der Waals surface area contributed by atoms with E-state index in [0.29, 0.717) is 53.5 Å². The van der Waals surface area contributed by atoms with Gasteiger partial charge in [0.2, 0.25) is 0 Å². The molecule has 0 spiro atoms. The summed E-state index contributed by atoms with van der Waals surface area (Å²) in [4.78, 5) is 20.3. The number of hydrogen-bond acceptors (Lipinski definition) is 6. The summed E-state index contributed by atoms with van der Waals surface area (Å²) < 4.78 is 57.6. The number of fused-ring (bicyclic) bond motifs is 8. The van der Waals surface area contributed by atoms with E-state index in [1.54, 1.807) is 17.9 Å². The lowest BCUT2D eigenvalue weighted by molar-refractivity contribution is -0.144. The molecule has 8 nitrogen and oxygen atoms in total. The highest BCUT2D eigenvalue weighted by molar-refractivity contribution is 7.85. The first-order valence-electron chi connectivity index (χ1n) is 17.0. The molecule has 0 radical (unpaired) electrons. The summed E-state index contributed by atoms with van der Waals surface area (Å²) in [6.45, 7) is 8.19. The number of hydrogen-bond donors (Lipinski definition) is 1. The van der Waals surface area contributed by atoms with Crippen LogP contribution in [0.4, 0.5) is 8.78 Å². The van der Waals surface area contributed by atoms with E-state index in [2.05, 4.69) is 31.8 Å². The fourth-order valence-electron chi connectivity index (χ4n) is 7.07. The minimum absolute atomic E-state index is 0.0275. The van der Waals surface area contributed by atoms with Crippen molar-refractivity contribution in [1.29, 1.82) is 0 Å². The van der Waals surface area contributed by atoms with Gasteiger partial charge in [0.1, 0.15) is 11.6 Å². The molecular weight excluding hydrogens is 659 g/mol. The van der Waals surface area contributed by atoms with Gasteiger partial charge in [-0.3, -0.25) is 9.00 Å². The van der Waals surface area contributed by atoms with E-state index in [4.69, 9.17) is 19.6 Å². The molecule has 6 rings (SSSR count). The van der Waals surface area contributed by atoms with Gasteiger partial charge in [0, 0.05) is 58.1 Å². The fourth-order valence-corrected chi connectivity index (χ4v) is 8.67. The molecule has 3 heterocycles. The number of carbonyl (C=O) groups excluding carboxylic acids is 1. The lowest BCUT2D eigenvalue weighted by atomic mass is 9.75. The molecule has 0 saturated heterocycles. The molecule has 5 aromatic rings. The van der Waals surface area contributed by atoms with Gasteiger partial charge in [0.25, 0.3) is 0 Å². The molecule has 4 bridgehead atoms. The number of methoxy groups -OCH3 is 1. The summed E-state index contributed by atoms with van der Waals surface area (Å²) in [5.74, 6) is 0.238. The Bertz CT molecular complexity index is 2070. The largest absolute Gasteiger partial charge is 0.469 e. The highest BCUT2D eigenvalue weighted by Gasteiger charge is 2.36. The minimum atomic E-state index is -1.19. The summed E-state index contributed by atoms with van der Waals surface area (Å²) in [5.41, 5.74) is 2.42. The predicted octanol–water partition coefficient (Wildman–Crippen LogP) is 8.19. The Morgan fingerprint density at radius 3 is 2.68 bits per heavy atom. The number of halogens is 2. The van der Waals surface area contributed by atoms with Crippen LogP contribution in [-0.4, -0.2) is 48.5 Å². The molecular formula is C39H44F2N4O4S. The molecule has 0 saturated carbocycles. The lowest BCUT2D eigenvalue weighted by Crippen LogP contribution is -2.28. The van der Waals surface area contributed by atoms with Crippen molar-refractivity contribution in [3.63, 3.8) is 0 Å². The van der Waals surface area contributed by atoms with E-state index in [1.165, 1.54) is 31.4 Å². The summed E-state index contributed by atoms with van der Waals surface area (Å²) >= 11 is 0. The van der Waals surface area contributed by atoms with Crippen molar-refractivity contribution < 1.29 is 27.3 Å². The van der Waals surface area contributed by atoms with Crippen molar-refractivity contribution >= 4 is 27.7 Å². The van der Waals surface area contributed by atoms with E-state index in [1.807, 2.05) is 31.2 Å². The maximum absolute atomic E-state index is 15.7. The molecule has 1 N–H and O–H groups in total. The zero-order valence-corrected chi connectivity index (χ0v) is 30.3. The molecule has 2 aromatic heterocycles. The van der Waals surface area contributed by atoms with Crippen molar-refractivity contribution in [2.24, 2.45) is 18.4 Å². The SMILES string of the molecule is COC(=O)C(C)Cc1cccc(C2(C)CCCC(C)(C)CS(=O)CCc3c(c(F)cc4[nH]ccc34)Oc3ccc(F)c(c3)-c3nc2nn3C)c1. The number of carbonyl (C=O) groups is 1. The molecule has 50 heavy (non-hydrogen) atoms. The summed E-state index contributed by atoms with van der Waals surface area (Å²) in [5, 5.41) is 5.65. The van der Waals surface area contributed by atoms with Gasteiger partial charge < -0.3 is 14.5 Å². The van der Waals surface area contributed by atoms with Crippen LogP contribution in [0, 0.1) is 23.0 Å². The van der Waals surface area contributed by atoms with Gasteiger partial charge in [-0.25, -0.2) is 18.4 Å². The number of ether oxygens (including phenoxy) is 2.